The maximum absolute atomic E-state index is 11.4. The molecule has 1 rings (SSSR count). The van der Waals surface area contributed by atoms with Crippen molar-refractivity contribution in [3.05, 3.63) is 33.8 Å². The number of hydrogen-bond acceptors (Lipinski definition) is 2. The topological polar surface area (TPSA) is 49.3 Å². The smallest absolute Gasteiger partial charge is 0.323 e. The summed E-state index contributed by atoms with van der Waals surface area (Å²) in [6.07, 6.45) is 1.33. The molecule has 3 nitrogen and oxygen atoms in total. The minimum Gasteiger partial charge on any atom is -0.480 e. The lowest BCUT2D eigenvalue weighted by Gasteiger charge is -2.30. The molecule has 0 aliphatic carbocycles. The lowest BCUT2D eigenvalue weighted by Crippen LogP contribution is -2.50. The fourth-order valence-corrected chi connectivity index (χ4v) is 2.62. The molecular weight excluding hydrogens is 285 g/mol. The summed E-state index contributed by atoms with van der Waals surface area (Å²) >= 11 is 12.1. The molecule has 0 fully saturated rings. The number of carboxylic acid groups (broad SMARTS) is 1. The van der Waals surface area contributed by atoms with Gasteiger partial charge in [-0.25, -0.2) is 0 Å². The minimum atomic E-state index is -0.972. The van der Waals surface area contributed by atoms with Crippen molar-refractivity contribution in [2.24, 2.45) is 0 Å². The third-order valence-electron chi connectivity index (χ3n) is 3.21. The number of carbonyl (C=O) groups is 1. The average molecular weight is 304 g/mol. The first kappa shape index (κ1) is 16.3. The van der Waals surface area contributed by atoms with Crippen molar-refractivity contribution in [3.8, 4) is 0 Å². The maximum atomic E-state index is 11.4. The summed E-state index contributed by atoms with van der Waals surface area (Å²) in [5.41, 5.74) is -0.169. The van der Waals surface area contributed by atoms with Crippen LogP contribution in [0.4, 0.5) is 0 Å². The van der Waals surface area contributed by atoms with Crippen LogP contribution < -0.4 is 5.32 Å². The molecule has 0 amide bonds. The Kier molecular flexibility index (Phi) is 5.65. The van der Waals surface area contributed by atoms with Gasteiger partial charge < -0.3 is 5.11 Å². The van der Waals surface area contributed by atoms with Gasteiger partial charge in [0.2, 0.25) is 0 Å². The predicted octanol–water partition coefficient (Wildman–Crippen LogP) is 4.29. The SMILES string of the molecule is CCCC(C)(NC(C)c1cccc(Cl)c1Cl)C(=O)O. The molecule has 0 radical (unpaired) electrons. The number of halogens is 2. The number of benzene rings is 1. The number of nitrogens with one attached hydrogen (secondary N) is 1. The van der Waals surface area contributed by atoms with Gasteiger partial charge in [0.15, 0.2) is 0 Å². The molecule has 2 atom stereocenters. The molecule has 1 aromatic carbocycles. The van der Waals surface area contributed by atoms with Crippen LogP contribution in [0, 0.1) is 0 Å². The Balaban J connectivity index is 2.97. The summed E-state index contributed by atoms with van der Waals surface area (Å²) in [5, 5.41) is 13.4. The first-order chi connectivity index (χ1) is 8.81. The second-order valence-corrected chi connectivity index (χ2v) is 5.68. The largest absolute Gasteiger partial charge is 0.480 e. The van der Waals surface area contributed by atoms with Crippen LogP contribution in [0.3, 0.4) is 0 Å². The van der Waals surface area contributed by atoms with E-state index >= 15 is 0 Å². The predicted molar refractivity (Wildman–Crippen MR) is 79.0 cm³/mol. The quantitative estimate of drug-likeness (QED) is 0.824. The van der Waals surface area contributed by atoms with Gasteiger partial charge in [0.1, 0.15) is 5.54 Å². The lowest BCUT2D eigenvalue weighted by atomic mass is 9.94. The van der Waals surface area contributed by atoms with Crippen LogP contribution in [0.2, 0.25) is 10.0 Å². The van der Waals surface area contributed by atoms with Gasteiger partial charge in [-0.15, -0.1) is 0 Å². The summed E-state index contributed by atoms with van der Waals surface area (Å²) in [6.45, 7) is 5.53. The Morgan fingerprint density at radius 1 is 1.47 bits per heavy atom. The second-order valence-electron chi connectivity index (χ2n) is 4.90. The van der Waals surface area contributed by atoms with Gasteiger partial charge in [0.05, 0.1) is 10.0 Å². The molecule has 0 aromatic heterocycles. The van der Waals surface area contributed by atoms with E-state index in [2.05, 4.69) is 5.32 Å². The fourth-order valence-electron chi connectivity index (χ4n) is 2.15. The summed E-state index contributed by atoms with van der Waals surface area (Å²) in [5.74, 6) is -0.862. The van der Waals surface area contributed by atoms with Crippen LogP contribution in [-0.4, -0.2) is 16.6 Å². The highest BCUT2D eigenvalue weighted by molar-refractivity contribution is 6.42. The van der Waals surface area contributed by atoms with Crippen molar-refractivity contribution in [3.63, 3.8) is 0 Å². The molecule has 0 bridgehead atoms. The highest BCUT2D eigenvalue weighted by Crippen LogP contribution is 2.31. The van der Waals surface area contributed by atoms with E-state index in [0.717, 1.165) is 12.0 Å². The van der Waals surface area contributed by atoms with E-state index in [4.69, 9.17) is 23.2 Å². The number of carboxylic acids is 1. The van der Waals surface area contributed by atoms with E-state index in [0.29, 0.717) is 16.5 Å². The zero-order chi connectivity index (χ0) is 14.6. The molecule has 0 heterocycles. The van der Waals surface area contributed by atoms with Crippen LogP contribution in [-0.2, 0) is 4.79 Å². The molecule has 2 unspecified atom stereocenters. The Morgan fingerprint density at radius 2 is 2.11 bits per heavy atom. The number of hydrogen-bond donors (Lipinski definition) is 2. The summed E-state index contributed by atoms with van der Waals surface area (Å²) in [6, 6.07) is 5.17. The molecule has 0 aliphatic heterocycles. The monoisotopic (exact) mass is 303 g/mol. The second kappa shape index (κ2) is 6.60. The van der Waals surface area contributed by atoms with Crippen LogP contribution in [0.25, 0.3) is 0 Å². The first-order valence-corrected chi connectivity index (χ1v) is 7.02. The molecule has 0 aliphatic rings. The third kappa shape index (κ3) is 3.85. The standard InChI is InChI=1S/C14H19Cl2NO2/c1-4-8-14(3,13(18)19)17-9(2)10-6-5-7-11(15)12(10)16/h5-7,9,17H,4,8H2,1-3H3,(H,18,19). The van der Waals surface area contributed by atoms with E-state index in [1.54, 1.807) is 19.1 Å². The fraction of sp³-hybridized carbons (Fsp3) is 0.500. The van der Waals surface area contributed by atoms with Gasteiger partial charge in [-0.05, 0) is 31.9 Å². The Labute approximate surface area is 123 Å². The van der Waals surface area contributed by atoms with E-state index in [1.807, 2.05) is 19.9 Å². The van der Waals surface area contributed by atoms with Crippen LogP contribution >= 0.6 is 23.2 Å². The van der Waals surface area contributed by atoms with E-state index in [9.17, 15) is 9.90 Å². The molecule has 106 valence electrons. The zero-order valence-corrected chi connectivity index (χ0v) is 12.8. The van der Waals surface area contributed by atoms with E-state index in [1.165, 1.54) is 0 Å². The number of rotatable bonds is 6. The summed E-state index contributed by atoms with van der Waals surface area (Å²) in [4.78, 5) is 11.4. The molecule has 0 saturated carbocycles. The number of aliphatic carboxylic acids is 1. The molecule has 19 heavy (non-hydrogen) atoms. The van der Waals surface area contributed by atoms with Crippen molar-refractivity contribution < 1.29 is 9.90 Å². The van der Waals surface area contributed by atoms with Crippen molar-refractivity contribution >= 4 is 29.2 Å². The van der Waals surface area contributed by atoms with Crippen molar-refractivity contribution in [1.29, 1.82) is 0 Å². The molecule has 5 heteroatoms. The van der Waals surface area contributed by atoms with Gasteiger partial charge in [-0.2, -0.15) is 0 Å². The van der Waals surface area contributed by atoms with E-state index < -0.39 is 11.5 Å². The minimum absolute atomic E-state index is 0.196. The van der Waals surface area contributed by atoms with Crippen LogP contribution in [0.5, 0.6) is 0 Å². The van der Waals surface area contributed by atoms with Gasteiger partial charge in [0.25, 0.3) is 0 Å². The summed E-state index contributed by atoms with van der Waals surface area (Å²) < 4.78 is 0. The molecule has 1 aromatic rings. The van der Waals surface area contributed by atoms with Gasteiger partial charge >= 0.3 is 5.97 Å². The Bertz CT molecular complexity index is 465. The summed E-state index contributed by atoms with van der Waals surface area (Å²) in [7, 11) is 0. The van der Waals surface area contributed by atoms with Gasteiger partial charge in [-0.1, -0.05) is 48.7 Å². The van der Waals surface area contributed by atoms with Crippen molar-refractivity contribution in [2.75, 3.05) is 0 Å². The van der Waals surface area contributed by atoms with Crippen LogP contribution in [0.1, 0.15) is 45.2 Å². The normalized spacial score (nSPS) is 15.8. The van der Waals surface area contributed by atoms with Crippen molar-refractivity contribution in [1.82, 2.24) is 5.32 Å². The van der Waals surface area contributed by atoms with Gasteiger partial charge in [0, 0.05) is 6.04 Å². The van der Waals surface area contributed by atoms with Gasteiger partial charge in [-0.3, -0.25) is 10.1 Å². The Morgan fingerprint density at radius 3 is 2.63 bits per heavy atom. The molecular formula is C14H19Cl2NO2. The van der Waals surface area contributed by atoms with E-state index in [-0.39, 0.29) is 6.04 Å². The molecule has 0 saturated heterocycles. The molecule has 2 N–H and O–H groups in total. The molecule has 0 spiro atoms. The lowest BCUT2D eigenvalue weighted by molar-refractivity contribution is -0.144. The first-order valence-electron chi connectivity index (χ1n) is 6.27. The van der Waals surface area contributed by atoms with Crippen molar-refractivity contribution in [2.45, 2.75) is 45.2 Å². The maximum Gasteiger partial charge on any atom is 0.323 e. The highest BCUT2D eigenvalue weighted by atomic mass is 35.5. The average Bonchev–Trinajstić information content (AvgIpc) is 2.32. The van der Waals surface area contributed by atoms with Crippen LogP contribution in [0.15, 0.2) is 18.2 Å². The highest BCUT2D eigenvalue weighted by Gasteiger charge is 2.33. The zero-order valence-electron chi connectivity index (χ0n) is 11.3. The third-order valence-corrected chi connectivity index (χ3v) is 4.04. The Hall–Kier alpha value is -0.770.